The number of amidine groups is 1. The largest absolute Gasteiger partial charge is 0.466 e. The number of hydrogen-bond donors (Lipinski definition) is 0. The third kappa shape index (κ3) is 5.45. The molecule has 0 bridgehead atoms. The van der Waals surface area contributed by atoms with E-state index >= 15 is 0 Å². The Morgan fingerprint density at radius 3 is 1.65 bits per heavy atom. The van der Waals surface area contributed by atoms with Gasteiger partial charge in [0.05, 0.1) is 18.6 Å². The lowest BCUT2D eigenvalue weighted by molar-refractivity contribution is -0.134. The number of ether oxygens (including phenoxy) is 1. The van der Waals surface area contributed by atoms with Crippen molar-refractivity contribution in [3.8, 4) is 0 Å². The third-order valence-electron chi connectivity index (χ3n) is 7.32. The average molecular weight is 591 g/mol. The summed E-state index contributed by atoms with van der Waals surface area (Å²) in [5, 5.41) is 11.2. The fourth-order valence-electron chi connectivity index (χ4n) is 5.35. The molecule has 1 atom stereocenters. The van der Waals surface area contributed by atoms with Gasteiger partial charge < -0.3 is 4.74 Å². The van der Waals surface area contributed by atoms with E-state index in [0.717, 1.165) is 26.4 Å². The molecular formula is C34H31N4O4P. The van der Waals surface area contributed by atoms with Gasteiger partial charge in [0, 0.05) is 7.05 Å². The Morgan fingerprint density at radius 2 is 1.21 bits per heavy atom. The Kier molecular flexibility index (Phi) is 8.79. The van der Waals surface area contributed by atoms with Gasteiger partial charge in [-0.25, -0.2) is 9.59 Å². The lowest BCUT2D eigenvalue weighted by Crippen LogP contribution is -2.50. The number of esters is 1. The van der Waals surface area contributed by atoms with Crippen LogP contribution in [0.25, 0.3) is 0 Å². The normalized spacial score (nSPS) is 15.7. The van der Waals surface area contributed by atoms with Gasteiger partial charge in [0.1, 0.15) is 5.84 Å². The summed E-state index contributed by atoms with van der Waals surface area (Å²) in [4.78, 5) is 44.2. The Bertz CT molecular complexity index is 1640. The Hall–Kier alpha value is -5.07. The summed E-state index contributed by atoms with van der Waals surface area (Å²) in [7, 11) is 2.69. The van der Waals surface area contributed by atoms with Crippen LogP contribution in [0.4, 0.5) is 4.79 Å². The molecule has 0 aromatic heterocycles. The number of rotatable bonds is 7. The van der Waals surface area contributed by atoms with Crippen molar-refractivity contribution in [3.63, 3.8) is 0 Å². The fourth-order valence-corrected chi connectivity index (χ4v) is 9.89. The molecule has 4 aromatic rings. The second-order valence-electron chi connectivity index (χ2n) is 9.81. The standard InChI is InChI=1S/C34H31N4O4P/c1-25(36-35-24-26-16-8-4-9-17-26)38-30(32(39)37(2)34(38)41)31(33(40)42-3)43(27-18-10-5-11-19-27,28-20-12-6-13-21-28)29-22-14-7-15-23-29/h4-24,30H,1-3H3/b35-24+,36-25+. The van der Waals surface area contributed by atoms with Crippen LogP contribution < -0.4 is 15.9 Å². The molecule has 9 heteroatoms. The molecule has 1 saturated heterocycles. The minimum absolute atomic E-state index is 0.161. The molecule has 0 spiro atoms. The molecule has 1 aliphatic heterocycles. The molecule has 1 unspecified atom stereocenters. The van der Waals surface area contributed by atoms with Crippen molar-refractivity contribution in [2.45, 2.75) is 13.0 Å². The molecule has 1 fully saturated rings. The summed E-state index contributed by atoms with van der Waals surface area (Å²) in [5.41, 5.74) is 0.820. The number of benzene rings is 4. The van der Waals surface area contributed by atoms with Gasteiger partial charge in [0.15, 0.2) is 6.04 Å². The summed E-state index contributed by atoms with van der Waals surface area (Å²) in [6.45, 7) is -1.52. The molecule has 0 N–H and O–H groups in total. The molecule has 43 heavy (non-hydrogen) atoms. The van der Waals surface area contributed by atoms with Crippen LogP contribution in [-0.2, 0) is 14.3 Å². The highest BCUT2D eigenvalue weighted by Gasteiger charge is 2.52. The van der Waals surface area contributed by atoms with Gasteiger partial charge in [-0.05, 0) is 35.3 Å². The van der Waals surface area contributed by atoms with Crippen LogP contribution in [-0.4, -0.2) is 65.3 Å². The van der Waals surface area contributed by atoms with Crippen LogP contribution in [0.1, 0.15) is 12.5 Å². The number of carbonyl (C=O) groups is 3. The van der Waals surface area contributed by atoms with Gasteiger partial charge in [-0.3, -0.25) is 14.6 Å². The third-order valence-corrected chi connectivity index (χ3v) is 11.7. The number of urea groups is 1. The first-order chi connectivity index (χ1) is 20.9. The SMILES string of the molecule is COC(=O)C(C1C(=O)N(C)C(=O)N1/C(C)=N/N=C/c1ccccc1)=P(c1ccccc1)(c1ccccc1)c1ccccc1. The number of carbonyl (C=O) groups excluding carboxylic acids is 3. The molecule has 1 heterocycles. The first kappa shape index (κ1) is 29.4. The number of methoxy groups -OCH3 is 1. The Morgan fingerprint density at radius 1 is 0.767 bits per heavy atom. The summed E-state index contributed by atoms with van der Waals surface area (Å²) >= 11 is 0. The lowest BCUT2D eigenvalue weighted by Gasteiger charge is -2.35. The van der Waals surface area contributed by atoms with Crippen LogP contribution in [0.2, 0.25) is 0 Å². The number of hydrogen-bond acceptors (Lipinski definition) is 6. The summed E-state index contributed by atoms with van der Waals surface area (Å²) < 4.78 is 5.45. The number of nitrogens with zero attached hydrogens (tertiary/aromatic N) is 4. The van der Waals surface area contributed by atoms with Crippen molar-refractivity contribution in [2.75, 3.05) is 14.2 Å². The molecule has 4 aromatic carbocycles. The zero-order chi connectivity index (χ0) is 30.4. The molecule has 0 radical (unpaired) electrons. The van der Waals surface area contributed by atoms with Crippen LogP contribution >= 0.6 is 6.89 Å². The molecule has 216 valence electrons. The van der Waals surface area contributed by atoms with Gasteiger partial charge in [0.2, 0.25) is 0 Å². The van der Waals surface area contributed by atoms with Crippen LogP contribution in [0.3, 0.4) is 0 Å². The fraction of sp³-hybridized carbons (Fsp3) is 0.118. The molecule has 5 rings (SSSR count). The first-order valence-corrected chi connectivity index (χ1v) is 15.4. The zero-order valence-corrected chi connectivity index (χ0v) is 25.0. The summed E-state index contributed by atoms with van der Waals surface area (Å²) in [6, 6.07) is 36.3. The monoisotopic (exact) mass is 590 g/mol. The van der Waals surface area contributed by atoms with E-state index in [-0.39, 0.29) is 11.1 Å². The molecule has 3 amide bonds. The summed E-state index contributed by atoms with van der Waals surface area (Å²) in [5.74, 6) is -1.08. The van der Waals surface area contributed by atoms with E-state index in [4.69, 9.17) is 4.74 Å². The minimum atomic E-state index is -3.12. The maximum atomic E-state index is 14.2. The van der Waals surface area contributed by atoms with Gasteiger partial charge in [-0.2, -0.15) is 5.10 Å². The van der Waals surface area contributed by atoms with Crippen molar-refractivity contribution in [2.24, 2.45) is 10.2 Å². The van der Waals surface area contributed by atoms with Crippen LogP contribution in [0.5, 0.6) is 0 Å². The molecular weight excluding hydrogens is 559 g/mol. The predicted molar refractivity (Wildman–Crippen MR) is 173 cm³/mol. The van der Waals surface area contributed by atoms with Crippen molar-refractivity contribution in [1.29, 1.82) is 0 Å². The lowest BCUT2D eigenvalue weighted by atomic mass is 10.2. The minimum Gasteiger partial charge on any atom is -0.466 e. The van der Waals surface area contributed by atoms with E-state index in [0.29, 0.717) is 0 Å². The Balaban J connectivity index is 1.88. The second kappa shape index (κ2) is 12.8. The van der Waals surface area contributed by atoms with Gasteiger partial charge >= 0.3 is 12.0 Å². The maximum Gasteiger partial charge on any atom is 0.337 e. The smallest absolute Gasteiger partial charge is 0.337 e. The topological polar surface area (TPSA) is 91.6 Å². The molecule has 0 aliphatic carbocycles. The van der Waals surface area contributed by atoms with Crippen molar-refractivity contribution in [3.05, 3.63) is 127 Å². The quantitative estimate of drug-likeness (QED) is 0.0812. The van der Waals surface area contributed by atoms with Crippen molar-refractivity contribution in [1.82, 2.24) is 9.80 Å². The molecule has 0 saturated carbocycles. The maximum absolute atomic E-state index is 14.2. The number of likely N-dealkylation sites (N-methyl/N-ethyl adjacent to an activating group) is 1. The highest BCUT2D eigenvalue weighted by Crippen LogP contribution is 2.48. The van der Waals surface area contributed by atoms with Crippen LogP contribution in [0.15, 0.2) is 132 Å². The van der Waals surface area contributed by atoms with Gasteiger partial charge in [0.25, 0.3) is 5.91 Å². The predicted octanol–water partition coefficient (Wildman–Crippen LogP) is 4.04. The Labute approximate surface area is 250 Å². The highest BCUT2D eigenvalue weighted by molar-refractivity contribution is 7.96. The number of amides is 3. The average Bonchev–Trinajstić information content (AvgIpc) is 3.28. The van der Waals surface area contributed by atoms with E-state index in [2.05, 4.69) is 10.2 Å². The van der Waals surface area contributed by atoms with Gasteiger partial charge in [-0.15, -0.1) is 5.10 Å². The molecule has 1 aliphatic rings. The number of imide groups is 1. The van der Waals surface area contributed by atoms with E-state index in [9.17, 15) is 14.4 Å². The zero-order valence-electron chi connectivity index (χ0n) is 24.1. The van der Waals surface area contributed by atoms with E-state index in [1.165, 1.54) is 19.1 Å². The van der Waals surface area contributed by atoms with Crippen molar-refractivity contribution >= 4 is 58.1 Å². The highest BCUT2D eigenvalue weighted by atomic mass is 31.2. The van der Waals surface area contributed by atoms with Crippen LogP contribution in [0, 0.1) is 0 Å². The first-order valence-electron chi connectivity index (χ1n) is 13.7. The van der Waals surface area contributed by atoms with E-state index in [1.54, 1.807) is 13.1 Å². The van der Waals surface area contributed by atoms with E-state index in [1.807, 2.05) is 121 Å². The summed E-state index contributed by atoms with van der Waals surface area (Å²) in [6.07, 6.45) is 1.56. The molecule has 8 nitrogen and oxygen atoms in total. The van der Waals surface area contributed by atoms with Crippen molar-refractivity contribution < 1.29 is 19.1 Å². The van der Waals surface area contributed by atoms with E-state index < -0.39 is 30.8 Å². The van der Waals surface area contributed by atoms with Gasteiger partial charge in [-0.1, -0.05) is 121 Å². The second-order valence-corrected chi connectivity index (χ2v) is 13.2.